The fourth-order valence-corrected chi connectivity index (χ4v) is 2.51. The number of methoxy groups -OCH3 is 2. The smallest absolute Gasteiger partial charge is 0.354 e. The monoisotopic (exact) mass is 285 g/mol. The van der Waals surface area contributed by atoms with Crippen LogP contribution >= 0.6 is 0 Å². The van der Waals surface area contributed by atoms with Gasteiger partial charge in [0.25, 0.3) is 0 Å². The van der Waals surface area contributed by atoms with E-state index in [0.29, 0.717) is 33.4 Å². The molecule has 0 unspecified atom stereocenters. The number of ether oxygens (including phenoxy) is 2. The molecule has 2 aromatic heterocycles. The second kappa shape index (κ2) is 4.56. The van der Waals surface area contributed by atoms with Crippen LogP contribution in [0, 0.1) is 18.3 Å². The lowest BCUT2D eigenvalue weighted by atomic mass is 10.0. The van der Waals surface area contributed by atoms with E-state index in [2.05, 4.69) is 0 Å². The molecule has 0 bridgehead atoms. The summed E-state index contributed by atoms with van der Waals surface area (Å²) >= 11 is 0. The Labute approximate surface area is 119 Å². The molecule has 1 aromatic carbocycles. The van der Waals surface area contributed by atoms with Crippen molar-refractivity contribution in [1.29, 1.82) is 5.26 Å². The minimum absolute atomic E-state index is 0.0503. The maximum Gasteiger partial charge on any atom is 0.354 e. The number of aryl methyl sites for hydroxylation is 1. The zero-order valence-electron chi connectivity index (χ0n) is 11.6. The van der Waals surface area contributed by atoms with Crippen LogP contribution in [0.5, 0.6) is 11.5 Å². The van der Waals surface area contributed by atoms with Gasteiger partial charge in [-0.3, -0.25) is 0 Å². The summed E-state index contributed by atoms with van der Waals surface area (Å²) in [6.45, 7) is 1.67. The molecule has 106 valence electrons. The average Bonchev–Trinajstić information content (AvgIpc) is 2.94. The van der Waals surface area contributed by atoms with Crippen LogP contribution in [0.4, 0.5) is 0 Å². The molecule has 0 amide bonds. The SMILES string of the molecule is COc1c2occc2c(OC)c2c(C)c(C#N)c(=O)oc12. The molecule has 6 heteroatoms. The fourth-order valence-electron chi connectivity index (χ4n) is 2.51. The van der Waals surface area contributed by atoms with Crippen molar-refractivity contribution in [3.63, 3.8) is 0 Å². The molecule has 0 spiro atoms. The third kappa shape index (κ3) is 1.61. The topological polar surface area (TPSA) is 85.6 Å². The zero-order valence-corrected chi connectivity index (χ0v) is 11.6. The second-order valence-corrected chi connectivity index (χ2v) is 4.44. The number of hydrogen-bond donors (Lipinski definition) is 0. The van der Waals surface area contributed by atoms with Gasteiger partial charge >= 0.3 is 5.63 Å². The summed E-state index contributed by atoms with van der Waals surface area (Å²) in [6.07, 6.45) is 1.49. The lowest BCUT2D eigenvalue weighted by Gasteiger charge is -2.12. The summed E-state index contributed by atoms with van der Waals surface area (Å²) in [4.78, 5) is 11.9. The van der Waals surface area contributed by atoms with Crippen molar-refractivity contribution in [3.05, 3.63) is 33.9 Å². The van der Waals surface area contributed by atoms with E-state index in [1.165, 1.54) is 20.5 Å². The zero-order chi connectivity index (χ0) is 15.1. The molecule has 21 heavy (non-hydrogen) atoms. The maximum atomic E-state index is 11.9. The first kappa shape index (κ1) is 13.1. The highest BCUT2D eigenvalue weighted by atomic mass is 16.5. The van der Waals surface area contributed by atoms with E-state index in [1.54, 1.807) is 13.0 Å². The lowest BCUT2D eigenvalue weighted by Crippen LogP contribution is -2.08. The molecule has 6 nitrogen and oxygen atoms in total. The molecule has 0 saturated carbocycles. The van der Waals surface area contributed by atoms with Crippen LogP contribution in [0.25, 0.3) is 21.9 Å². The standard InChI is InChI=1S/C15H11NO5/c1-7-9(6-16)15(17)21-13-10(7)11(18-2)8-4-5-20-12(8)14(13)19-3/h4-5H,1-3H3. The molecule has 0 fully saturated rings. The van der Waals surface area contributed by atoms with Gasteiger partial charge in [0.1, 0.15) is 17.4 Å². The minimum Gasteiger partial charge on any atom is -0.495 e. The van der Waals surface area contributed by atoms with E-state index in [0.717, 1.165) is 0 Å². The van der Waals surface area contributed by atoms with Crippen LogP contribution in [0.1, 0.15) is 11.1 Å². The summed E-state index contributed by atoms with van der Waals surface area (Å²) in [5, 5.41) is 10.3. The van der Waals surface area contributed by atoms with Gasteiger partial charge in [0.05, 0.1) is 31.3 Å². The van der Waals surface area contributed by atoms with Crippen LogP contribution in [-0.4, -0.2) is 14.2 Å². The first-order valence-corrected chi connectivity index (χ1v) is 6.12. The van der Waals surface area contributed by atoms with Crippen LogP contribution in [-0.2, 0) is 0 Å². The molecule has 0 aliphatic carbocycles. The summed E-state index contributed by atoms with van der Waals surface area (Å²) in [5.41, 5.74) is 0.355. The van der Waals surface area contributed by atoms with E-state index in [-0.39, 0.29) is 11.1 Å². The number of hydrogen-bond acceptors (Lipinski definition) is 6. The quantitative estimate of drug-likeness (QED) is 0.673. The Morgan fingerprint density at radius 2 is 1.90 bits per heavy atom. The van der Waals surface area contributed by atoms with E-state index in [9.17, 15) is 4.79 Å². The Kier molecular flexibility index (Phi) is 2.84. The lowest BCUT2D eigenvalue weighted by molar-refractivity contribution is 0.398. The van der Waals surface area contributed by atoms with E-state index in [1.807, 2.05) is 6.07 Å². The van der Waals surface area contributed by atoms with Gasteiger partial charge in [-0.1, -0.05) is 0 Å². The molecule has 0 saturated heterocycles. The summed E-state index contributed by atoms with van der Waals surface area (Å²) in [5.74, 6) is 0.780. The third-order valence-corrected chi connectivity index (χ3v) is 3.45. The first-order valence-electron chi connectivity index (χ1n) is 6.12. The number of nitriles is 1. The van der Waals surface area contributed by atoms with Crippen LogP contribution in [0.3, 0.4) is 0 Å². The number of furan rings is 1. The molecule has 0 aliphatic heterocycles. The number of rotatable bonds is 2. The largest absolute Gasteiger partial charge is 0.495 e. The van der Waals surface area contributed by atoms with Crippen LogP contribution < -0.4 is 15.1 Å². The summed E-state index contributed by atoms with van der Waals surface area (Å²) < 4.78 is 21.4. The molecular weight excluding hydrogens is 274 g/mol. The van der Waals surface area contributed by atoms with Crippen molar-refractivity contribution < 1.29 is 18.3 Å². The highest BCUT2D eigenvalue weighted by Gasteiger charge is 2.24. The summed E-state index contributed by atoms with van der Waals surface area (Å²) in [7, 11) is 2.96. The maximum absolute atomic E-state index is 11.9. The van der Waals surface area contributed by atoms with Gasteiger partial charge in [0, 0.05) is 0 Å². The highest BCUT2D eigenvalue weighted by molar-refractivity contribution is 6.08. The highest BCUT2D eigenvalue weighted by Crippen LogP contribution is 2.44. The Hall–Kier alpha value is -2.94. The van der Waals surface area contributed by atoms with Gasteiger partial charge < -0.3 is 18.3 Å². The Bertz CT molecular complexity index is 958. The molecule has 3 rings (SSSR count). The molecular formula is C15H11NO5. The minimum atomic E-state index is -0.714. The van der Waals surface area contributed by atoms with Crippen molar-refractivity contribution in [2.45, 2.75) is 6.92 Å². The van der Waals surface area contributed by atoms with Gasteiger partial charge in [-0.25, -0.2) is 4.79 Å². The normalized spacial score (nSPS) is 10.8. The number of fused-ring (bicyclic) bond motifs is 2. The van der Waals surface area contributed by atoms with E-state index < -0.39 is 5.63 Å². The predicted octanol–water partition coefficient (Wildman–Crippen LogP) is 2.74. The van der Waals surface area contributed by atoms with Gasteiger partial charge in [-0.15, -0.1) is 0 Å². The van der Waals surface area contributed by atoms with Crippen molar-refractivity contribution >= 4 is 21.9 Å². The van der Waals surface area contributed by atoms with Crippen LogP contribution in [0.15, 0.2) is 26.0 Å². The second-order valence-electron chi connectivity index (χ2n) is 4.44. The van der Waals surface area contributed by atoms with Gasteiger partial charge in [-0.2, -0.15) is 5.26 Å². The average molecular weight is 285 g/mol. The van der Waals surface area contributed by atoms with E-state index >= 15 is 0 Å². The van der Waals surface area contributed by atoms with E-state index in [4.69, 9.17) is 23.6 Å². The molecule has 3 aromatic rings. The van der Waals surface area contributed by atoms with Gasteiger partial charge in [0.2, 0.25) is 5.75 Å². The predicted molar refractivity (Wildman–Crippen MR) is 74.8 cm³/mol. The van der Waals surface area contributed by atoms with Gasteiger partial charge in [0.15, 0.2) is 11.2 Å². The Balaban J connectivity index is 2.70. The third-order valence-electron chi connectivity index (χ3n) is 3.45. The number of benzene rings is 1. The van der Waals surface area contributed by atoms with Crippen molar-refractivity contribution in [1.82, 2.24) is 0 Å². The molecule has 0 radical (unpaired) electrons. The Morgan fingerprint density at radius 1 is 1.19 bits per heavy atom. The molecule has 2 heterocycles. The molecule has 0 atom stereocenters. The first-order chi connectivity index (χ1) is 10.1. The number of nitrogens with zero attached hydrogens (tertiary/aromatic N) is 1. The van der Waals surface area contributed by atoms with Crippen molar-refractivity contribution in [3.8, 4) is 17.6 Å². The fraction of sp³-hybridized carbons (Fsp3) is 0.200. The van der Waals surface area contributed by atoms with Crippen molar-refractivity contribution in [2.24, 2.45) is 0 Å². The van der Waals surface area contributed by atoms with Crippen LogP contribution in [0.2, 0.25) is 0 Å². The van der Waals surface area contributed by atoms with Gasteiger partial charge in [-0.05, 0) is 18.6 Å². The molecule has 0 aliphatic rings. The Morgan fingerprint density at radius 3 is 2.52 bits per heavy atom. The van der Waals surface area contributed by atoms with Crippen molar-refractivity contribution in [2.75, 3.05) is 14.2 Å². The summed E-state index contributed by atoms with van der Waals surface area (Å²) in [6, 6.07) is 3.59. The molecule has 0 N–H and O–H groups in total.